The lowest BCUT2D eigenvalue weighted by Gasteiger charge is -2.17. The molecule has 1 aromatic carbocycles. The van der Waals surface area contributed by atoms with Crippen molar-refractivity contribution in [2.45, 2.75) is 33.2 Å². The Morgan fingerprint density at radius 3 is 2.70 bits per heavy atom. The first-order valence-corrected chi connectivity index (χ1v) is 8.23. The molecule has 2 aromatic rings. The van der Waals surface area contributed by atoms with Crippen molar-refractivity contribution in [2.75, 3.05) is 6.54 Å². The fraction of sp³-hybridized carbons (Fsp3) is 0.400. The van der Waals surface area contributed by atoms with Crippen LogP contribution in [0, 0.1) is 19.7 Å². The Bertz CT molecular complexity index is 598. The molecule has 0 aliphatic heterocycles. The average Bonchev–Trinajstić information content (AvgIpc) is 2.72. The highest BCUT2D eigenvalue weighted by Crippen LogP contribution is 2.28. The minimum Gasteiger partial charge on any atom is -0.309 e. The summed E-state index contributed by atoms with van der Waals surface area (Å²) >= 11 is 4.97. The van der Waals surface area contributed by atoms with Crippen LogP contribution in [0.25, 0.3) is 0 Å². The lowest BCUT2D eigenvalue weighted by molar-refractivity contribution is 0.553. The molecule has 2 nitrogen and oxygen atoms in total. The Kier molecular flexibility index (Phi) is 5.29. The van der Waals surface area contributed by atoms with E-state index in [1.54, 1.807) is 11.3 Å². The quantitative estimate of drug-likeness (QED) is 0.849. The Hall–Kier alpha value is -0.780. The van der Waals surface area contributed by atoms with Crippen LogP contribution in [0.1, 0.15) is 34.1 Å². The van der Waals surface area contributed by atoms with Crippen molar-refractivity contribution < 1.29 is 4.39 Å². The van der Waals surface area contributed by atoms with Crippen LogP contribution < -0.4 is 5.32 Å². The van der Waals surface area contributed by atoms with Gasteiger partial charge in [0.05, 0.1) is 15.2 Å². The third-order valence-corrected chi connectivity index (χ3v) is 4.92. The van der Waals surface area contributed by atoms with Crippen molar-refractivity contribution in [3.63, 3.8) is 0 Å². The molecule has 2 rings (SSSR count). The van der Waals surface area contributed by atoms with Crippen molar-refractivity contribution >= 4 is 27.3 Å². The van der Waals surface area contributed by atoms with Crippen molar-refractivity contribution in [1.29, 1.82) is 0 Å². The zero-order valence-electron chi connectivity index (χ0n) is 11.8. The molecular formula is C15H18BrFN2S. The van der Waals surface area contributed by atoms with Gasteiger partial charge in [-0.3, -0.25) is 0 Å². The SMILES string of the molecule is CCNC(Cc1ccc(F)c(Br)c1)c1sc(C)nc1C. The summed E-state index contributed by atoms with van der Waals surface area (Å²) in [5.41, 5.74) is 2.19. The minimum atomic E-state index is -0.224. The van der Waals surface area contributed by atoms with Gasteiger partial charge in [0.15, 0.2) is 0 Å². The van der Waals surface area contributed by atoms with Crippen LogP contribution in [-0.2, 0) is 6.42 Å². The third-order valence-electron chi connectivity index (χ3n) is 3.13. The number of rotatable bonds is 5. The van der Waals surface area contributed by atoms with Crippen LogP contribution in [0.3, 0.4) is 0 Å². The molecule has 0 aliphatic carbocycles. The molecule has 0 saturated carbocycles. The summed E-state index contributed by atoms with van der Waals surface area (Å²) < 4.78 is 13.8. The molecule has 1 unspecified atom stereocenters. The van der Waals surface area contributed by atoms with Gasteiger partial charge in [-0.15, -0.1) is 11.3 Å². The van der Waals surface area contributed by atoms with Crippen molar-refractivity contribution in [3.05, 3.63) is 49.6 Å². The normalized spacial score (nSPS) is 12.7. The van der Waals surface area contributed by atoms with Gasteiger partial charge >= 0.3 is 0 Å². The van der Waals surface area contributed by atoms with Gasteiger partial charge in [-0.1, -0.05) is 13.0 Å². The van der Waals surface area contributed by atoms with E-state index in [9.17, 15) is 4.39 Å². The largest absolute Gasteiger partial charge is 0.309 e. The van der Waals surface area contributed by atoms with Gasteiger partial charge in [-0.2, -0.15) is 0 Å². The molecule has 0 aliphatic rings. The van der Waals surface area contributed by atoms with Gasteiger partial charge in [0.25, 0.3) is 0 Å². The first kappa shape index (κ1) is 15.6. The van der Waals surface area contributed by atoms with Crippen LogP contribution >= 0.6 is 27.3 Å². The molecule has 1 aromatic heterocycles. The second kappa shape index (κ2) is 6.78. The van der Waals surface area contributed by atoms with E-state index in [1.165, 1.54) is 10.9 Å². The Labute approximate surface area is 131 Å². The summed E-state index contributed by atoms with van der Waals surface area (Å²) in [7, 11) is 0. The molecule has 1 heterocycles. The molecule has 0 fully saturated rings. The molecule has 20 heavy (non-hydrogen) atoms. The maximum atomic E-state index is 13.3. The summed E-state index contributed by atoms with van der Waals surface area (Å²) in [6.07, 6.45) is 0.829. The predicted molar refractivity (Wildman–Crippen MR) is 85.8 cm³/mol. The first-order valence-electron chi connectivity index (χ1n) is 6.62. The van der Waals surface area contributed by atoms with Crippen LogP contribution in [0.4, 0.5) is 4.39 Å². The number of halogens is 2. The molecule has 5 heteroatoms. The first-order chi connectivity index (χ1) is 9.51. The number of hydrogen-bond donors (Lipinski definition) is 1. The van der Waals surface area contributed by atoms with Gasteiger partial charge in [0.1, 0.15) is 5.82 Å². The Balaban J connectivity index is 2.25. The second-order valence-corrected chi connectivity index (χ2v) is 6.83. The van der Waals surface area contributed by atoms with Crippen molar-refractivity contribution in [2.24, 2.45) is 0 Å². The summed E-state index contributed by atoms with van der Waals surface area (Å²) in [6.45, 7) is 7.06. The molecule has 0 saturated heterocycles. The van der Waals surface area contributed by atoms with Crippen LogP contribution in [0.15, 0.2) is 22.7 Å². The molecule has 0 bridgehead atoms. The van der Waals surface area contributed by atoms with E-state index in [0.29, 0.717) is 4.47 Å². The number of nitrogens with one attached hydrogen (secondary N) is 1. The smallest absolute Gasteiger partial charge is 0.137 e. The van der Waals surface area contributed by atoms with E-state index >= 15 is 0 Å². The van der Waals surface area contributed by atoms with Gasteiger partial charge < -0.3 is 5.32 Å². The number of nitrogens with zero attached hydrogens (tertiary/aromatic N) is 1. The summed E-state index contributed by atoms with van der Waals surface area (Å²) in [5.74, 6) is -0.224. The standard InChI is InChI=1S/C15H18BrFN2S/c1-4-18-14(15-9(2)19-10(3)20-15)8-11-5-6-13(17)12(16)7-11/h5-7,14,18H,4,8H2,1-3H3. The number of likely N-dealkylation sites (N-methyl/N-ethyl adjacent to an activating group) is 1. The van der Waals surface area contributed by atoms with E-state index in [2.05, 4.69) is 33.2 Å². The summed E-state index contributed by atoms with van der Waals surface area (Å²) in [6, 6.07) is 5.42. The van der Waals surface area contributed by atoms with Crippen LogP contribution in [0.5, 0.6) is 0 Å². The maximum Gasteiger partial charge on any atom is 0.137 e. The zero-order chi connectivity index (χ0) is 14.7. The van der Waals surface area contributed by atoms with E-state index in [-0.39, 0.29) is 11.9 Å². The lowest BCUT2D eigenvalue weighted by Crippen LogP contribution is -2.22. The van der Waals surface area contributed by atoms with Crippen molar-refractivity contribution in [1.82, 2.24) is 10.3 Å². The van der Waals surface area contributed by atoms with Gasteiger partial charge in [-0.25, -0.2) is 9.37 Å². The fourth-order valence-electron chi connectivity index (χ4n) is 2.28. The van der Waals surface area contributed by atoms with Gasteiger partial charge in [0, 0.05) is 10.9 Å². The highest BCUT2D eigenvalue weighted by Gasteiger charge is 2.17. The molecule has 1 atom stereocenters. The summed E-state index contributed by atoms with van der Waals surface area (Å²) in [4.78, 5) is 5.77. The van der Waals surface area contributed by atoms with E-state index in [0.717, 1.165) is 29.2 Å². The highest BCUT2D eigenvalue weighted by molar-refractivity contribution is 9.10. The maximum absolute atomic E-state index is 13.3. The van der Waals surface area contributed by atoms with Gasteiger partial charge in [-0.05, 0) is 60.4 Å². The third kappa shape index (κ3) is 3.65. The number of benzene rings is 1. The topological polar surface area (TPSA) is 24.9 Å². The predicted octanol–water partition coefficient (Wildman–Crippen LogP) is 4.55. The summed E-state index contributed by atoms with van der Waals surface area (Å²) in [5, 5.41) is 4.58. The van der Waals surface area contributed by atoms with E-state index < -0.39 is 0 Å². The minimum absolute atomic E-state index is 0.224. The molecule has 108 valence electrons. The number of aromatic nitrogens is 1. The van der Waals surface area contributed by atoms with E-state index in [4.69, 9.17) is 0 Å². The van der Waals surface area contributed by atoms with Crippen LogP contribution in [-0.4, -0.2) is 11.5 Å². The van der Waals surface area contributed by atoms with Gasteiger partial charge in [0.2, 0.25) is 0 Å². The molecule has 0 spiro atoms. The fourth-order valence-corrected chi connectivity index (χ4v) is 3.71. The average molecular weight is 357 g/mol. The number of aryl methyl sites for hydroxylation is 2. The Morgan fingerprint density at radius 1 is 1.40 bits per heavy atom. The Morgan fingerprint density at radius 2 is 2.15 bits per heavy atom. The monoisotopic (exact) mass is 356 g/mol. The van der Waals surface area contributed by atoms with Crippen LogP contribution in [0.2, 0.25) is 0 Å². The molecular weight excluding hydrogens is 339 g/mol. The number of thiazole rings is 1. The molecule has 0 radical (unpaired) electrons. The molecule has 0 amide bonds. The molecule has 1 N–H and O–H groups in total. The lowest BCUT2D eigenvalue weighted by atomic mass is 10.0. The highest BCUT2D eigenvalue weighted by atomic mass is 79.9. The second-order valence-electron chi connectivity index (χ2n) is 4.75. The zero-order valence-corrected chi connectivity index (χ0v) is 14.2. The van der Waals surface area contributed by atoms with E-state index in [1.807, 2.05) is 26.0 Å². The number of hydrogen-bond acceptors (Lipinski definition) is 3. The van der Waals surface area contributed by atoms with Crippen molar-refractivity contribution in [3.8, 4) is 0 Å².